The molecule has 4 aromatic carbocycles. The third kappa shape index (κ3) is 6.68. The van der Waals surface area contributed by atoms with Crippen molar-refractivity contribution >= 4 is 21.8 Å². The molecule has 1 unspecified atom stereocenters. The number of rotatable bonds is 11. The van der Waals surface area contributed by atoms with Crippen molar-refractivity contribution < 1.29 is 25.8 Å². The standard InChI is InChI=1S/C44H44N4O.Pt/c1-7-14-39-43(33-25-31(9-3)24-32(10-4)26-33)44(30(6)8-2)48(46-39)34-15-13-16-35(27-34)49-36-19-20-38-37-17-11-12-18-40(37)47(41(38)28-36)42-23-29(5)21-22-45-42;/h11-13,15-26,30H,7-10,14H2,1-6H3;/q-2;+2. The van der Waals surface area contributed by atoms with Crippen molar-refractivity contribution in [2.75, 3.05) is 0 Å². The second kappa shape index (κ2) is 15.2. The van der Waals surface area contributed by atoms with Crippen LogP contribution in [0.25, 0.3) is 44.4 Å². The van der Waals surface area contributed by atoms with Crippen LogP contribution in [-0.2, 0) is 40.3 Å². The summed E-state index contributed by atoms with van der Waals surface area (Å²) < 4.78 is 10.8. The molecule has 0 aliphatic heterocycles. The van der Waals surface area contributed by atoms with E-state index in [1.807, 2.05) is 30.5 Å². The molecule has 6 heteroatoms. The molecule has 7 aromatic rings. The Labute approximate surface area is 310 Å². The molecule has 0 bridgehead atoms. The second-order valence-electron chi connectivity index (χ2n) is 13.1. The van der Waals surface area contributed by atoms with E-state index < -0.39 is 0 Å². The van der Waals surface area contributed by atoms with Gasteiger partial charge in [0, 0.05) is 28.8 Å². The zero-order chi connectivity index (χ0) is 34.1. The van der Waals surface area contributed by atoms with Crippen molar-refractivity contribution in [3.05, 3.63) is 131 Å². The average molecular weight is 840 g/mol. The Morgan fingerprint density at radius 3 is 2.28 bits per heavy atom. The summed E-state index contributed by atoms with van der Waals surface area (Å²) in [5.74, 6) is 2.40. The number of hydrogen-bond donors (Lipinski definition) is 0. The summed E-state index contributed by atoms with van der Waals surface area (Å²) in [6.07, 6.45) is 6.82. The number of ether oxygens (including phenoxy) is 1. The Morgan fingerprint density at radius 2 is 1.56 bits per heavy atom. The maximum Gasteiger partial charge on any atom is 2.00 e. The van der Waals surface area contributed by atoms with Crippen LogP contribution in [0.4, 0.5) is 0 Å². The molecule has 0 saturated heterocycles. The maximum atomic E-state index is 6.53. The first-order valence-corrected chi connectivity index (χ1v) is 17.8. The third-order valence-electron chi connectivity index (χ3n) is 9.61. The Hall–Kier alpha value is -4.47. The molecule has 0 spiro atoms. The molecule has 7 rings (SSSR count). The fourth-order valence-electron chi connectivity index (χ4n) is 6.90. The van der Waals surface area contributed by atoms with Gasteiger partial charge in [0.05, 0.1) is 11.4 Å². The van der Waals surface area contributed by atoms with Gasteiger partial charge in [-0.1, -0.05) is 83.0 Å². The predicted molar refractivity (Wildman–Crippen MR) is 202 cm³/mol. The Morgan fingerprint density at radius 1 is 0.800 bits per heavy atom. The molecular weight excluding hydrogens is 796 g/mol. The van der Waals surface area contributed by atoms with E-state index in [-0.39, 0.29) is 21.1 Å². The van der Waals surface area contributed by atoms with Gasteiger partial charge < -0.3 is 9.30 Å². The molecule has 5 nitrogen and oxygen atoms in total. The van der Waals surface area contributed by atoms with E-state index in [0.717, 1.165) is 76.7 Å². The van der Waals surface area contributed by atoms with Crippen LogP contribution >= 0.6 is 0 Å². The van der Waals surface area contributed by atoms with Crippen LogP contribution in [-0.4, -0.2) is 19.3 Å². The summed E-state index contributed by atoms with van der Waals surface area (Å²) in [6, 6.07) is 37.0. The summed E-state index contributed by atoms with van der Waals surface area (Å²) in [5, 5.41) is 7.56. The fourth-order valence-corrected chi connectivity index (χ4v) is 6.90. The summed E-state index contributed by atoms with van der Waals surface area (Å²) in [6.45, 7) is 13.4. The quantitative estimate of drug-likeness (QED) is 0.122. The van der Waals surface area contributed by atoms with Crippen LogP contribution in [0.1, 0.15) is 81.5 Å². The number of aryl methyl sites for hydroxylation is 4. The Kier molecular flexibility index (Phi) is 10.7. The zero-order valence-electron chi connectivity index (χ0n) is 29.8. The largest absolute Gasteiger partial charge is 2.00 e. The number of fused-ring (bicyclic) bond motifs is 3. The van der Waals surface area contributed by atoms with Crippen LogP contribution in [0.3, 0.4) is 0 Å². The summed E-state index contributed by atoms with van der Waals surface area (Å²) >= 11 is 0. The number of benzene rings is 4. The summed E-state index contributed by atoms with van der Waals surface area (Å²) in [5.41, 5.74) is 11.7. The SMILES string of the molecule is CCCc1nn(-c2[c-]c(Oc3[c-]c4c(cc3)c3ccccc3n4-c3cc(C)ccn3)ccc2)c(C(C)CC)c1-c1cc(CC)cc(CC)c1.[Pt+2]. The number of aromatic nitrogens is 4. The smallest absolute Gasteiger partial charge is 0.509 e. The van der Waals surface area contributed by atoms with Gasteiger partial charge in [0.25, 0.3) is 0 Å². The maximum absolute atomic E-state index is 6.53. The van der Waals surface area contributed by atoms with E-state index in [4.69, 9.17) is 14.8 Å². The Balaban J connectivity index is 0.00000432. The van der Waals surface area contributed by atoms with Gasteiger partial charge in [0.15, 0.2) is 0 Å². The number of nitrogens with zero attached hydrogens (tertiary/aromatic N) is 4. The molecule has 0 saturated carbocycles. The van der Waals surface area contributed by atoms with E-state index >= 15 is 0 Å². The molecular formula is C44H44N4OPt. The third-order valence-corrected chi connectivity index (χ3v) is 9.61. The molecule has 3 heterocycles. The van der Waals surface area contributed by atoms with Gasteiger partial charge in [-0.25, -0.2) is 4.98 Å². The molecule has 0 radical (unpaired) electrons. The van der Waals surface area contributed by atoms with Crippen molar-refractivity contribution in [2.24, 2.45) is 0 Å². The number of hydrogen-bond acceptors (Lipinski definition) is 3. The van der Waals surface area contributed by atoms with E-state index in [0.29, 0.717) is 17.4 Å². The van der Waals surface area contributed by atoms with Crippen molar-refractivity contribution in [3.63, 3.8) is 0 Å². The van der Waals surface area contributed by atoms with Gasteiger partial charge in [-0.05, 0) is 90.1 Å². The molecule has 50 heavy (non-hydrogen) atoms. The van der Waals surface area contributed by atoms with E-state index in [9.17, 15) is 0 Å². The summed E-state index contributed by atoms with van der Waals surface area (Å²) in [7, 11) is 0. The first kappa shape index (κ1) is 35.4. The topological polar surface area (TPSA) is 44.9 Å². The molecule has 1 atom stereocenters. The molecule has 0 fully saturated rings. The van der Waals surface area contributed by atoms with Crippen LogP contribution in [0, 0.1) is 19.1 Å². The van der Waals surface area contributed by atoms with Crippen molar-refractivity contribution in [3.8, 4) is 34.1 Å². The predicted octanol–water partition coefficient (Wildman–Crippen LogP) is 11.3. The van der Waals surface area contributed by atoms with Crippen molar-refractivity contribution in [2.45, 2.75) is 79.6 Å². The van der Waals surface area contributed by atoms with Gasteiger partial charge in [-0.15, -0.1) is 35.7 Å². The second-order valence-corrected chi connectivity index (χ2v) is 13.1. The minimum atomic E-state index is 0. The zero-order valence-corrected chi connectivity index (χ0v) is 32.1. The van der Waals surface area contributed by atoms with Gasteiger partial charge in [0.2, 0.25) is 0 Å². The Bertz CT molecular complexity index is 2260. The van der Waals surface area contributed by atoms with E-state index in [1.165, 1.54) is 27.9 Å². The summed E-state index contributed by atoms with van der Waals surface area (Å²) in [4.78, 5) is 4.72. The monoisotopic (exact) mass is 839 g/mol. The molecule has 0 aliphatic carbocycles. The molecule has 3 aromatic heterocycles. The van der Waals surface area contributed by atoms with Crippen LogP contribution in [0.5, 0.6) is 11.5 Å². The van der Waals surface area contributed by atoms with Gasteiger partial charge in [-0.3, -0.25) is 4.68 Å². The average Bonchev–Trinajstić information content (AvgIpc) is 3.67. The van der Waals surface area contributed by atoms with Crippen LogP contribution in [0.15, 0.2) is 91.1 Å². The van der Waals surface area contributed by atoms with Crippen LogP contribution in [0.2, 0.25) is 0 Å². The molecule has 256 valence electrons. The normalized spacial score (nSPS) is 12.0. The first-order valence-electron chi connectivity index (χ1n) is 17.8. The molecule has 0 amide bonds. The van der Waals surface area contributed by atoms with E-state index in [1.54, 1.807) is 0 Å². The number of pyridine rings is 1. The van der Waals surface area contributed by atoms with E-state index in [2.05, 4.69) is 124 Å². The van der Waals surface area contributed by atoms with Gasteiger partial charge in [0.1, 0.15) is 5.82 Å². The molecule has 0 N–H and O–H groups in total. The molecule has 0 aliphatic rings. The van der Waals surface area contributed by atoms with Crippen molar-refractivity contribution in [1.29, 1.82) is 0 Å². The van der Waals surface area contributed by atoms with Crippen molar-refractivity contribution in [1.82, 2.24) is 19.3 Å². The number of para-hydroxylation sites is 1. The fraction of sp³-hybridized carbons (Fsp3) is 0.273. The minimum Gasteiger partial charge on any atom is -0.509 e. The van der Waals surface area contributed by atoms with Gasteiger partial charge in [-0.2, -0.15) is 17.2 Å². The minimum absolute atomic E-state index is 0. The van der Waals surface area contributed by atoms with Gasteiger partial charge >= 0.3 is 21.1 Å². The first-order chi connectivity index (χ1) is 23.9. The van der Waals surface area contributed by atoms with Crippen LogP contribution < -0.4 is 4.74 Å².